The summed E-state index contributed by atoms with van der Waals surface area (Å²) in [6.07, 6.45) is 1.27. The van der Waals surface area contributed by atoms with Crippen LogP contribution in [0.25, 0.3) is 44.6 Å². The summed E-state index contributed by atoms with van der Waals surface area (Å²) in [6, 6.07) is 32.4. The number of esters is 2. The lowest BCUT2D eigenvalue weighted by Crippen LogP contribution is -2.42. The average molecular weight is 649 g/mol. The van der Waals surface area contributed by atoms with Gasteiger partial charge in [-0.15, -0.1) is 0 Å². The number of nitrogens with zero attached hydrogens (tertiary/aromatic N) is 4. The number of hydrogen-bond donors (Lipinski definition) is 0. The predicted octanol–water partition coefficient (Wildman–Crippen LogP) is 7.59. The number of fused-ring (bicyclic) bond motifs is 8. The van der Waals surface area contributed by atoms with Crippen LogP contribution in [0.5, 0.6) is 0 Å². The van der Waals surface area contributed by atoms with Crippen LogP contribution in [0, 0.1) is 11.8 Å². The van der Waals surface area contributed by atoms with Gasteiger partial charge in [0.25, 0.3) is 0 Å². The zero-order chi connectivity index (χ0) is 33.9. The summed E-state index contributed by atoms with van der Waals surface area (Å²) in [5.41, 5.74) is 8.80. The standard InChI is InChI=1S/C41H36N4O4/c1-24(38(46)48-3)21-40(28-15-7-5-13-26(28)34-36(40)44-32-19-11-9-17-30(32)42-34)23-41(22-25(2)39(47)49-4)29-16-8-6-14-27(29)35-37(41)45-33-20-12-10-18-31(33)43-35/h5-20,24-25H,21-23H2,1-4H3. The molecule has 4 unspecified atom stereocenters. The summed E-state index contributed by atoms with van der Waals surface area (Å²) < 4.78 is 10.6. The number of para-hydroxylation sites is 4. The maximum Gasteiger partial charge on any atom is 0.308 e. The molecule has 2 aliphatic carbocycles. The quantitative estimate of drug-likeness (QED) is 0.156. The van der Waals surface area contributed by atoms with E-state index in [1.165, 1.54) is 14.2 Å². The molecule has 6 aromatic rings. The predicted molar refractivity (Wildman–Crippen MR) is 188 cm³/mol. The first-order valence-corrected chi connectivity index (χ1v) is 16.7. The third-order valence-corrected chi connectivity index (χ3v) is 10.6. The normalized spacial score (nSPS) is 19.8. The highest BCUT2D eigenvalue weighted by Crippen LogP contribution is 2.62. The molecule has 4 atom stereocenters. The lowest BCUT2D eigenvalue weighted by Gasteiger charge is -2.42. The molecule has 0 N–H and O–H groups in total. The first kappa shape index (κ1) is 30.8. The summed E-state index contributed by atoms with van der Waals surface area (Å²) in [5.74, 6) is -1.56. The Morgan fingerprint density at radius 3 is 1.29 bits per heavy atom. The van der Waals surface area contributed by atoms with Gasteiger partial charge in [0.05, 0.1) is 70.9 Å². The number of aromatic nitrogens is 4. The van der Waals surface area contributed by atoms with Gasteiger partial charge in [-0.1, -0.05) is 86.6 Å². The van der Waals surface area contributed by atoms with Crippen molar-refractivity contribution in [1.82, 2.24) is 19.9 Å². The molecule has 2 aliphatic rings. The molecule has 0 saturated heterocycles. The van der Waals surface area contributed by atoms with Crippen LogP contribution in [-0.4, -0.2) is 46.1 Å². The van der Waals surface area contributed by atoms with E-state index in [1.807, 2.05) is 86.6 Å². The molecular weight excluding hydrogens is 612 g/mol. The number of methoxy groups -OCH3 is 2. The molecule has 0 spiro atoms. The minimum absolute atomic E-state index is 0.297. The maximum atomic E-state index is 13.3. The number of carbonyl (C=O) groups is 2. The Bertz CT molecular complexity index is 2140. The molecular formula is C41H36N4O4. The van der Waals surface area contributed by atoms with Crippen molar-refractivity contribution in [3.05, 3.63) is 120 Å². The lowest BCUT2D eigenvalue weighted by atomic mass is 9.60. The number of carbonyl (C=O) groups excluding carboxylic acids is 2. The van der Waals surface area contributed by atoms with Gasteiger partial charge in [-0.25, -0.2) is 19.9 Å². The Balaban J connectivity index is 1.47. The summed E-state index contributed by atoms with van der Waals surface area (Å²) in [4.78, 5) is 47.8. The van der Waals surface area contributed by atoms with Crippen molar-refractivity contribution < 1.29 is 19.1 Å². The van der Waals surface area contributed by atoms with Gasteiger partial charge >= 0.3 is 11.9 Å². The molecule has 8 heteroatoms. The fourth-order valence-corrected chi connectivity index (χ4v) is 8.56. The van der Waals surface area contributed by atoms with E-state index in [2.05, 4.69) is 24.3 Å². The zero-order valence-electron chi connectivity index (χ0n) is 27.9. The molecule has 2 aromatic heterocycles. The minimum atomic E-state index is -0.825. The highest BCUT2D eigenvalue weighted by atomic mass is 16.5. The van der Waals surface area contributed by atoms with E-state index in [1.54, 1.807) is 0 Å². The van der Waals surface area contributed by atoms with E-state index < -0.39 is 22.7 Å². The van der Waals surface area contributed by atoms with Crippen LogP contribution in [0.15, 0.2) is 97.1 Å². The SMILES string of the molecule is COC(=O)C(C)CC1(CC2(CC(C)C(=O)OC)c3ccccc3-c3nc4ccccc4nc32)c2ccccc2-c2nc3ccccc3nc21. The Morgan fingerprint density at radius 1 is 0.551 bits per heavy atom. The molecule has 8 rings (SSSR count). The van der Waals surface area contributed by atoms with E-state index in [4.69, 9.17) is 29.4 Å². The topological polar surface area (TPSA) is 104 Å². The van der Waals surface area contributed by atoms with Gasteiger partial charge in [0.1, 0.15) is 0 Å². The van der Waals surface area contributed by atoms with Crippen LogP contribution in [0.3, 0.4) is 0 Å². The Hall–Kier alpha value is -5.50. The number of benzene rings is 4. The molecule has 49 heavy (non-hydrogen) atoms. The van der Waals surface area contributed by atoms with Crippen LogP contribution in [-0.2, 0) is 29.9 Å². The lowest BCUT2D eigenvalue weighted by molar-refractivity contribution is -0.145. The van der Waals surface area contributed by atoms with Gasteiger partial charge in [0, 0.05) is 22.0 Å². The van der Waals surface area contributed by atoms with Gasteiger partial charge in [-0.2, -0.15) is 0 Å². The molecule has 0 bridgehead atoms. The molecule has 0 fully saturated rings. The van der Waals surface area contributed by atoms with Crippen LogP contribution in [0.1, 0.15) is 55.6 Å². The van der Waals surface area contributed by atoms with Crippen LogP contribution >= 0.6 is 0 Å². The largest absolute Gasteiger partial charge is 0.469 e. The Kier molecular flexibility index (Phi) is 7.28. The fourth-order valence-electron chi connectivity index (χ4n) is 8.56. The summed E-state index contributed by atoms with van der Waals surface area (Å²) in [6.45, 7) is 3.83. The van der Waals surface area contributed by atoms with Crippen molar-refractivity contribution in [2.45, 2.75) is 43.9 Å². The first-order chi connectivity index (χ1) is 23.8. The van der Waals surface area contributed by atoms with Gasteiger partial charge < -0.3 is 9.47 Å². The summed E-state index contributed by atoms with van der Waals surface area (Å²) in [5, 5.41) is 0. The molecule has 244 valence electrons. The fraction of sp³-hybridized carbons (Fsp3) is 0.268. The summed E-state index contributed by atoms with van der Waals surface area (Å²) >= 11 is 0. The van der Waals surface area contributed by atoms with Gasteiger partial charge in [-0.3, -0.25) is 9.59 Å². The molecule has 4 aromatic carbocycles. The van der Waals surface area contributed by atoms with Crippen LogP contribution < -0.4 is 0 Å². The molecule has 2 heterocycles. The molecule has 0 radical (unpaired) electrons. The maximum absolute atomic E-state index is 13.3. The van der Waals surface area contributed by atoms with E-state index in [9.17, 15) is 9.59 Å². The van der Waals surface area contributed by atoms with E-state index in [0.717, 1.165) is 67.1 Å². The van der Waals surface area contributed by atoms with Gasteiger partial charge in [0.15, 0.2) is 0 Å². The average Bonchev–Trinajstić information content (AvgIpc) is 3.54. The number of rotatable bonds is 8. The monoisotopic (exact) mass is 648 g/mol. The highest BCUT2D eigenvalue weighted by Gasteiger charge is 2.57. The van der Waals surface area contributed by atoms with Crippen molar-refractivity contribution in [2.75, 3.05) is 14.2 Å². The molecule has 0 saturated carbocycles. The second-order valence-corrected chi connectivity index (χ2v) is 13.5. The number of hydrogen-bond acceptors (Lipinski definition) is 8. The molecule has 0 amide bonds. The number of ether oxygens (including phenoxy) is 2. The minimum Gasteiger partial charge on any atom is -0.469 e. The van der Waals surface area contributed by atoms with E-state index in [0.29, 0.717) is 19.3 Å². The van der Waals surface area contributed by atoms with E-state index >= 15 is 0 Å². The van der Waals surface area contributed by atoms with Crippen molar-refractivity contribution in [2.24, 2.45) is 11.8 Å². The van der Waals surface area contributed by atoms with Gasteiger partial charge in [0.2, 0.25) is 0 Å². The Labute approximate surface area is 284 Å². The second-order valence-electron chi connectivity index (χ2n) is 13.5. The smallest absolute Gasteiger partial charge is 0.308 e. The van der Waals surface area contributed by atoms with Crippen LogP contribution in [0.4, 0.5) is 0 Å². The van der Waals surface area contributed by atoms with E-state index in [-0.39, 0.29) is 11.9 Å². The zero-order valence-corrected chi connectivity index (χ0v) is 27.9. The van der Waals surface area contributed by atoms with Crippen molar-refractivity contribution in [3.8, 4) is 22.5 Å². The third kappa shape index (κ3) is 4.65. The molecule has 0 aliphatic heterocycles. The molecule has 8 nitrogen and oxygen atoms in total. The van der Waals surface area contributed by atoms with Crippen molar-refractivity contribution >= 4 is 34.0 Å². The van der Waals surface area contributed by atoms with Crippen LogP contribution in [0.2, 0.25) is 0 Å². The van der Waals surface area contributed by atoms with Gasteiger partial charge in [-0.05, 0) is 54.7 Å². The van der Waals surface area contributed by atoms with Crippen molar-refractivity contribution in [1.29, 1.82) is 0 Å². The highest BCUT2D eigenvalue weighted by molar-refractivity contribution is 5.87. The third-order valence-electron chi connectivity index (χ3n) is 10.6. The Morgan fingerprint density at radius 2 is 0.898 bits per heavy atom. The van der Waals surface area contributed by atoms with Crippen molar-refractivity contribution in [3.63, 3.8) is 0 Å². The summed E-state index contributed by atoms with van der Waals surface area (Å²) in [7, 11) is 2.86. The second kappa shape index (κ2) is 11.6. The first-order valence-electron chi connectivity index (χ1n) is 16.7.